The summed E-state index contributed by atoms with van der Waals surface area (Å²) in [6, 6.07) is 19.1. The molecule has 8 nitrogen and oxygen atoms in total. The molecule has 3 N–H and O–H groups in total. The number of amides is 3. The zero-order valence-electron chi connectivity index (χ0n) is 25.0. The summed E-state index contributed by atoms with van der Waals surface area (Å²) < 4.78 is 5.48. The molecule has 0 aromatic heterocycles. The summed E-state index contributed by atoms with van der Waals surface area (Å²) in [5.41, 5.74) is 2.88. The van der Waals surface area contributed by atoms with Gasteiger partial charge in [-0.3, -0.25) is 9.59 Å². The minimum atomic E-state index is -1.05. The maximum atomic E-state index is 14.4. The number of alkyl carbamates (subject to hydrolysis) is 1. The van der Waals surface area contributed by atoms with E-state index in [1.165, 1.54) is 17.0 Å². The largest absolute Gasteiger partial charge is 0.508 e. The molecule has 2 atom stereocenters. The number of ether oxygens (including phenoxy) is 1. The molecule has 0 spiro atoms. The fourth-order valence-corrected chi connectivity index (χ4v) is 4.57. The number of aryl methyl sites for hydroxylation is 1. The van der Waals surface area contributed by atoms with Crippen LogP contribution in [0.4, 0.5) is 10.5 Å². The summed E-state index contributed by atoms with van der Waals surface area (Å²) in [7, 11) is 0. The van der Waals surface area contributed by atoms with Gasteiger partial charge in [0.2, 0.25) is 5.91 Å². The van der Waals surface area contributed by atoms with E-state index in [0.29, 0.717) is 23.2 Å². The monoisotopic (exact) mass is 571 g/mol. The molecule has 42 heavy (non-hydrogen) atoms. The summed E-state index contributed by atoms with van der Waals surface area (Å²) in [5, 5.41) is 15.5. The first-order valence-electron chi connectivity index (χ1n) is 14.1. The average molecular weight is 572 g/mol. The Morgan fingerprint density at radius 3 is 2.33 bits per heavy atom. The maximum Gasteiger partial charge on any atom is 0.408 e. The topological polar surface area (TPSA) is 108 Å². The van der Waals surface area contributed by atoms with E-state index in [2.05, 4.69) is 17.2 Å². The van der Waals surface area contributed by atoms with Gasteiger partial charge in [0.25, 0.3) is 5.91 Å². The van der Waals surface area contributed by atoms with Crippen molar-refractivity contribution >= 4 is 29.7 Å². The number of nitrogens with one attached hydrogen (secondary N) is 2. The Balaban J connectivity index is 2.07. The van der Waals surface area contributed by atoms with Gasteiger partial charge in [-0.1, -0.05) is 68.1 Å². The first-order valence-corrected chi connectivity index (χ1v) is 14.1. The highest BCUT2D eigenvalue weighted by molar-refractivity contribution is 5.99. The number of carbonyl (C=O) groups is 3. The summed E-state index contributed by atoms with van der Waals surface area (Å²) >= 11 is 0. The minimum absolute atomic E-state index is 0.0874. The molecule has 0 aliphatic rings. The van der Waals surface area contributed by atoms with Crippen molar-refractivity contribution in [1.82, 2.24) is 10.2 Å². The lowest BCUT2D eigenvalue weighted by Gasteiger charge is -2.34. The van der Waals surface area contributed by atoms with Crippen molar-refractivity contribution < 1.29 is 24.2 Å². The number of hydrogen-bond acceptors (Lipinski definition) is 5. The maximum absolute atomic E-state index is 14.4. The van der Waals surface area contributed by atoms with Gasteiger partial charge in [0.1, 0.15) is 23.4 Å². The summed E-state index contributed by atoms with van der Waals surface area (Å²) in [6.45, 7) is 13.2. The van der Waals surface area contributed by atoms with Crippen molar-refractivity contribution in [2.75, 3.05) is 11.9 Å². The summed E-state index contributed by atoms with van der Waals surface area (Å²) in [4.78, 5) is 42.9. The van der Waals surface area contributed by atoms with Crippen LogP contribution in [-0.4, -0.2) is 46.1 Å². The molecule has 0 bridgehead atoms. The number of anilines is 1. The number of aromatic hydroxyl groups is 1. The molecule has 3 aromatic carbocycles. The fraction of sp³-hybridized carbons (Fsp3) is 0.324. The van der Waals surface area contributed by atoms with Crippen molar-refractivity contribution in [2.24, 2.45) is 0 Å². The van der Waals surface area contributed by atoms with Crippen molar-refractivity contribution in [3.05, 3.63) is 102 Å². The highest BCUT2D eigenvalue weighted by Gasteiger charge is 2.36. The molecule has 0 fully saturated rings. The molecule has 8 heteroatoms. The third-order valence-corrected chi connectivity index (χ3v) is 6.54. The predicted molar refractivity (Wildman–Crippen MR) is 166 cm³/mol. The van der Waals surface area contributed by atoms with E-state index in [-0.39, 0.29) is 24.6 Å². The van der Waals surface area contributed by atoms with E-state index in [4.69, 9.17) is 4.74 Å². The molecule has 0 aliphatic heterocycles. The lowest BCUT2D eigenvalue weighted by molar-refractivity contribution is -0.140. The van der Waals surface area contributed by atoms with Crippen LogP contribution in [0.2, 0.25) is 0 Å². The van der Waals surface area contributed by atoms with Crippen LogP contribution in [0.25, 0.3) is 6.08 Å². The SMILES string of the molecule is C=Cc1cccc(C(C(=O)Nc2ccccc2C)N(CCC)C(=O)C(Cc2ccc(O)cc2)NC(=O)OC(C)(C)C)c1. The number of phenols is 1. The van der Waals surface area contributed by atoms with Gasteiger partial charge in [0.05, 0.1) is 0 Å². The number of rotatable bonds is 11. The van der Waals surface area contributed by atoms with Crippen LogP contribution in [-0.2, 0) is 20.7 Å². The van der Waals surface area contributed by atoms with Crippen LogP contribution in [0.3, 0.4) is 0 Å². The highest BCUT2D eigenvalue weighted by Crippen LogP contribution is 2.27. The van der Waals surface area contributed by atoms with E-state index < -0.39 is 29.7 Å². The van der Waals surface area contributed by atoms with Crippen molar-refractivity contribution in [2.45, 2.75) is 65.1 Å². The van der Waals surface area contributed by atoms with Gasteiger partial charge in [-0.05, 0) is 80.6 Å². The van der Waals surface area contributed by atoms with Crippen molar-refractivity contribution in [3.8, 4) is 5.75 Å². The van der Waals surface area contributed by atoms with Crippen LogP contribution >= 0.6 is 0 Å². The van der Waals surface area contributed by atoms with E-state index in [1.807, 2.05) is 56.3 Å². The fourth-order valence-electron chi connectivity index (χ4n) is 4.57. The van der Waals surface area contributed by atoms with Crippen LogP contribution in [0.5, 0.6) is 5.75 Å². The van der Waals surface area contributed by atoms with E-state index in [0.717, 1.165) is 11.1 Å². The van der Waals surface area contributed by atoms with Crippen LogP contribution in [0.15, 0.2) is 79.4 Å². The standard InChI is InChI=1S/C34H41N3O5/c1-7-20-37(32(40)29(36-33(41)42-34(4,5)6)22-25-16-18-27(38)19-17-25)30(26-14-11-13-24(8-2)21-26)31(39)35-28-15-10-9-12-23(28)3/h8-19,21,29-30,38H,2,7,20,22H2,1,3-6H3,(H,35,39)(H,36,41). The van der Waals surface area contributed by atoms with Gasteiger partial charge in [-0.2, -0.15) is 0 Å². The quantitative estimate of drug-likeness (QED) is 0.247. The molecule has 3 rings (SSSR count). The first kappa shape index (κ1) is 31.9. The number of nitrogens with zero attached hydrogens (tertiary/aromatic N) is 1. The smallest absolute Gasteiger partial charge is 0.408 e. The lowest BCUT2D eigenvalue weighted by atomic mass is 9.98. The Morgan fingerprint density at radius 1 is 1.02 bits per heavy atom. The molecule has 0 heterocycles. The number of hydrogen-bond donors (Lipinski definition) is 3. The van der Waals surface area contributed by atoms with Gasteiger partial charge in [-0.15, -0.1) is 0 Å². The Bertz CT molecular complexity index is 1390. The Kier molecular flexibility index (Phi) is 10.9. The zero-order chi connectivity index (χ0) is 30.9. The van der Waals surface area contributed by atoms with Crippen LogP contribution in [0.1, 0.15) is 62.4 Å². The molecule has 3 aromatic rings. The average Bonchev–Trinajstić information content (AvgIpc) is 2.93. The molecule has 0 radical (unpaired) electrons. The zero-order valence-corrected chi connectivity index (χ0v) is 25.0. The molecule has 0 aliphatic carbocycles. The molecule has 0 saturated heterocycles. The molecule has 3 amide bonds. The minimum Gasteiger partial charge on any atom is -0.508 e. The van der Waals surface area contributed by atoms with Gasteiger partial charge >= 0.3 is 6.09 Å². The number of benzene rings is 3. The molecule has 2 unspecified atom stereocenters. The third-order valence-electron chi connectivity index (χ3n) is 6.54. The predicted octanol–water partition coefficient (Wildman–Crippen LogP) is 6.40. The van der Waals surface area contributed by atoms with Gasteiger partial charge in [0, 0.05) is 18.7 Å². The number of phenolic OH excluding ortho intramolecular Hbond substituents is 1. The number of para-hydroxylation sites is 1. The lowest BCUT2D eigenvalue weighted by Crippen LogP contribution is -2.53. The summed E-state index contributed by atoms with van der Waals surface area (Å²) in [5.74, 6) is -0.734. The van der Waals surface area contributed by atoms with Crippen molar-refractivity contribution in [3.63, 3.8) is 0 Å². The second-order valence-electron chi connectivity index (χ2n) is 11.2. The second-order valence-corrected chi connectivity index (χ2v) is 11.2. The molecule has 222 valence electrons. The van der Waals surface area contributed by atoms with Gasteiger partial charge in [-0.25, -0.2) is 4.79 Å². The normalized spacial score (nSPS) is 12.5. The van der Waals surface area contributed by atoms with E-state index in [9.17, 15) is 19.5 Å². The van der Waals surface area contributed by atoms with Gasteiger partial charge in [0.15, 0.2) is 0 Å². The van der Waals surface area contributed by atoms with E-state index >= 15 is 0 Å². The molecular weight excluding hydrogens is 530 g/mol. The molecule has 0 saturated carbocycles. The van der Waals surface area contributed by atoms with E-state index in [1.54, 1.807) is 45.0 Å². The van der Waals surface area contributed by atoms with Crippen LogP contribution < -0.4 is 10.6 Å². The molecular formula is C34H41N3O5. The Morgan fingerprint density at radius 2 is 1.71 bits per heavy atom. The Labute approximate surface area is 248 Å². The van der Waals surface area contributed by atoms with Gasteiger partial charge < -0.3 is 25.4 Å². The Hall–Kier alpha value is -4.59. The first-order chi connectivity index (χ1) is 19.9. The highest BCUT2D eigenvalue weighted by atomic mass is 16.6. The second kappa shape index (κ2) is 14.3. The third kappa shape index (κ3) is 8.96. The summed E-state index contributed by atoms with van der Waals surface area (Å²) in [6.07, 6.45) is 1.63. The van der Waals surface area contributed by atoms with Crippen LogP contribution in [0, 0.1) is 6.92 Å². The number of carbonyl (C=O) groups excluding carboxylic acids is 3. The van der Waals surface area contributed by atoms with Crippen molar-refractivity contribution in [1.29, 1.82) is 0 Å².